The first-order valence-corrected chi connectivity index (χ1v) is 6.89. The molecule has 0 spiro atoms. The molecule has 0 amide bonds. The van der Waals surface area contributed by atoms with Crippen LogP contribution in [0.1, 0.15) is 32.6 Å². The third-order valence-corrected chi connectivity index (χ3v) is 3.48. The normalized spacial score (nSPS) is 20.9. The van der Waals surface area contributed by atoms with Crippen molar-refractivity contribution in [2.45, 2.75) is 32.6 Å². The van der Waals surface area contributed by atoms with Crippen molar-refractivity contribution in [3.63, 3.8) is 0 Å². The molecule has 0 heterocycles. The molecule has 0 saturated heterocycles. The Morgan fingerprint density at radius 2 is 2.17 bits per heavy atom. The zero-order valence-electron chi connectivity index (χ0n) is 10.6. The number of thiocarbonyl (C=S) groups is 1. The van der Waals surface area contributed by atoms with E-state index in [1.165, 1.54) is 25.0 Å². The second-order valence-corrected chi connectivity index (χ2v) is 4.94. The van der Waals surface area contributed by atoms with Crippen molar-refractivity contribution < 1.29 is 0 Å². The quantitative estimate of drug-likeness (QED) is 0.645. The highest BCUT2D eigenvalue weighted by molar-refractivity contribution is 7.80. The van der Waals surface area contributed by atoms with E-state index in [1.807, 2.05) is 30.3 Å². The lowest BCUT2D eigenvalue weighted by Crippen LogP contribution is -2.25. The van der Waals surface area contributed by atoms with Crippen molar-refractivity contribution in [1.29, 1.82) is 0 Å². The van der Waals surface area contributed by atoms with E-state index in [2.05, 4.69) is 22.8 Å². The molecule has 1 aromatic carbocycles. The highest BCUT2D eigenvalue weighted by atomic mass is 32.1. The van der Waals surface area contributed by atoms with Gasteiger partial charge in [-0.25, -0.2) is 0 Å². The van der Waals surface area contributed by atoms with Crippen molar-refractivity contribution in [2.75, 3.05) is 5.32 Å². The molecule has 3 nitrogen and oxygen atoms in total. The molecule has 0 bridgehead atoms. The molecule has 1 aromatic rings. The molecule has 0 aromatic heterocycles. The molecular formula is C14H19N3S. The van der Waals surface area contributed by atoms with Crippen molar-refractivity contribution in [3.8, 4) is 0 Å². The van der Waals surface area contributed by atoms with Gasteiger partial charge in [-0.15, -0.1) is 0 Å². The van der Waals surface area contributed by atoms with Gasteiger partial charge in [-0.3, -0.25) is 5.43 Å². The lowest BCUT2D eigenvalue weighted by molar-refractivity contribution is 0.641. The molecule has 2 N–H and O–H groups in total. The van der Waals surface area contributed by atoms with Gasteiger partial charge in [-0.1, -0.05) is 25.1 Å². The van der Waals surface area contributed by atoms with Gasteiger partial charge >= 0.3 is 0 Å². The van der Waals surface area contributed by atoms with Gasteiger partial charge in [-0.05, 0) is 56.0 Å². The summed E-state index contributed by atoms with van der Waals surface area (Å²) in [5.74, 6) is 0.636. The zero-order valence-corrected chi connectivity index (χ0v) is 11.5. The largest absolute Gasteiger partial charge is 0.331 e. The first-order chi connectivity index (χ1) is 8.79. The number of hydrazone groups is 1. The lowest BCUT2D eigenvalue weighted by atomic mass is 10.0. The minimum Gasteiger partial charge on any atom is -0.331 e. The molecule has 18 heavy (non-hydrogen) atoms. The fourth-order valence-corrected chi connectivity index (χ4v) is 2.45. The van der Waals surface area contributed by atoms with E-state index in [-0.39, 0.29) is 0 Å². The summed E-state index contributed by atoms with van der Waals surface area (Å²) in [6.07, 6.45) is 4.77. The minimum atomic E-state index is 0.551. The summed E-state index contributed by atoms with van der Waals surface area (Å²) in [7, 11) is 0. The van der Waals surface area contributed by atoms with Crippen molar-refractivity contribution in [1.82, 2.24) is 5.43 Å². The predicted octanol–water partition coefficient (Wildman–Crippen LogP) is 3.54. The highest BCUT2D eigenvalue weighted by Gasteiger charge is 2.20. The van der Waals surface area contributed by atoms with E-state index in [4.69, 9.17) is 12.2 Å². The second kappa shape index (κ2) is 6.50. The van der Waals surface area contributed by atoms with Crippen molar-refractivity contribution in [2.24, 2.45) is 11.0 Å². The van der Waals surface area contributed by atoms with E-state index in [9.17, 15) is 0 Å². The fourth-order valence-electron chi connectivity index (χ4n) is 2.29. The Balaban J connectivity index is 1.87. The summed E-state index contributed by atoms with van der Waals surface area (Å²) >= 11 is 5.22. The summed E-state index contributed by atoms with van der Waals surface area (Å²) in [5.41, 5.74) is 5.18. The molecule has 1 aliphatic carbocycles. The summed E-state index contributed by atoms with van der Waals surface area (Å²) in [5, 5.41) is 8.10. The molecule has 96 valence electrons. The van der Waals surface area contributed by atoms with Gasteiger partial charge in [-0.2, -0.15) is 5.10 Å². The van der Waals surface area contributed by atoms with Gasteiger partial charge in [0.15, 0.2) is 5.11 Å². The van der Waals surface area contributed by atoms with Crippen LogP contribution < -0.4 is 10.7 Å². The highest BCUT2D eigenvalue weighted by Crippen LogP contribution is 2.24. The number of rotatable bonds is 3. The SMILES string of the molecule is CCC1CCCC1=NNC(=S)Nc1ccccc1. The molecule has 0 aliphatic heterocycles. The topological polar surface area (TPSA) is 36.4 Å². The number of nitrogens with zero attached hydrogens (tertiary/aromatic N) is 1. The Kier molecular flexibility index (Phi) is 4.70. The van der Waals surface area contributed by atoms with E-state index in [1.54, 1.807) is 0 Å². The lowest BCUT2D eigenvalue weighted by Gasteiger charge is -2.10. The maximum atomic E-state index is 5.22. The molecule has 2 rings (SSSR count). The molecule has 1 unspecified atom stereocenters. The number of para-hydroxylation sites is 1. The number of nitrogens with one attached hydrogen (secondary N) is 2. The Morgan fingerprint density at radius 3 is 2.89 bits per heavy atom. The van der Waals surface area contributed by atoms with Crippen LogP contribution in [-0.4, -0.2) is 10.8 Å². The van der Waals surface area contributed by atoms with E-state index in [0.717, 1.165) is 12.1 Å². The molecule has 4 heteroatoms. The van der Waals surface area contributed by atoms with Gasteiger partial charge in [0.1, 0.15) is 0 Å². The van der Waals surface area contributed by atoms with Crippen LogP contribution in [0, 0.1) is 5.92 Å². The van der Waals surface area contributed by atoms with Crippen LogP contribution in [0.3, 0.4) is 0 Å². The number of anilines is 1. The molecule has 1 saturated carbocycles. The van der Waals surface area contributed by atoms with Crippen LogP contribution in [0.4, 0.5) is 5.69 Å². The second-order valence-electron chi connectivity index (χ2n) is 4.53. The number of hydrogen-bond acceptors (Lipinski definition) is 2. The molecule has 1 fully saturated rings. The Bertz CT molecular complexity index is 428. The maximum Gasteiger partial charge on any atom is 0.191 e. The summed E-state index contributed by atoms with van der Waals surface area (Å²) in [4.78, 5) is 0. The van der Waals surface area contributed by atoms with E-state index < -0.39 is 0 Å². The third kappa shape index (κ3) is 3.53. The first kappa shape index (κ1) is 13.0. The summed E-state index contributed by atoms with van der Waals surface area (Å²) in [6, 6.07) is 9.88. The Labute approximate surface area is 114 Å². The molecule has 0 radical (unpaired) electrons. The van der Waals surface area contributed by atoms with Crippen molar-refractivity contribution in [3.05, 3.63) is 30.3 Å². The van der Waals surface area contributed by atoms with Gasteiger partial charge < -0.3 is 5.32 Å². The van der Waals surface area contributed by atoms with E-state index >= 15 is 0 Å². The van der Waals surface area contributed by atoms with Crippen LogP contribution >= 0.6 is 12.2 Å². The van der Waals surface area contributed by atoms with Crippen LogP contribution in [0.15, 0.2) is 35.4 Å². The monoisotopic (exact) mass is 261 g/mol. The summed E-state index contributed by atoms with van der Waals surface area (Å²) < 4.78 is 0. The van der Waals surface area contributed by atoms with Crippen molar-refractivity contribution >= 4 is 28.7 Å². The Hall–Kier alpha value is -1.42. The average molecular weight is 261 g/mol. The van der Waals surface area contributed by atoms with Gasteiger partial charge in [0, 0.05) is 11.4 Å². The predicted molar refractivity (Wildman–Crippen MR) is 80.9 cm³/mol. The summed E-state index contributed by atoms with van der Waals surface area (Å²) in [6.45, 7) is 2.21. The van der Waals surface area contributed by atoms with E-state index in [0.29, 0.717) is 11.0 Å². The molecule has 1 aliphatic rings. The average Bonchev–Trinajstić information content (AvgIpc) is 2.85. The molecular weight excluding hydrogens is 242 g/mol. The smallest absolute Gasteiger partial charge is 0.191 e. The molecule has 1 atom stereocenters. The standard InChI is InChI=1S/C14H19N3S/c1-2-11-7-6-10-13(11)16-17-14(18)15-12-8-4-3-5-9-12/h3-5,8-9,11H,2,6-7,10H2,1H3,(H2,15,17,18). The minimum absolute atomic E-state index is 0.551. The zero-order chi connectivity index (χ0) is 12.8. The third-order valence-electron chi connectivity index (χ3n) is 3.28. The Morgan fingerprint density at radius 1 is 1.39 bits per heavy atom. The van der Waals surface area contributed by atoms with Crippen LogP contribution in [-0.2, 0) is 0 Å². The first-order valence-electron chi connectivity index (χ1n) is 6.48. The van der Waals surface area contributed by atoms with Gasteiger partial charge in [0.2, 0.25) is 0 Å². The fraction of sp³-hybridized carbons (Fsp3) is 0.429. The van der Waals surface area contributed by atoms with Crippen LogP contribution in [0.5, 0.6) is 0 Å². The number of hydrogen-bond donors (Lipinski definition) is 2. The van der Waals surface area contributed by atoms with Gasteiger partial charge in [0.05, 0.1) is 0 Å². The van der Waals surface area contributed by atoms with Crippen LogP contribution in [0.2, 0.25) is 0 Å². The van der Waals surface area contributed by atoms with Crippen LogP contribution in [0.25, 0.3) is 0 Å². The number of benzene rings is 1. The maximum absolute atomic E-state index is 5.22. The van der Waals surface area contributed by atoms with Gasteiger partial charge in [0.25, 0.3) is 0 Å².